The molecule has 0 heterocycles. The van der Waals surface area contributed by atoms with E-state index in [1.165, 1.54) is 31.4 Å². The minimum atomic E-state index is -4.72. The second-order valence-electron chi connectivity index (χ2n) is 5.85. The Bertz CT molecular complexity index is 584. The summed E-state index contributed by atoms with van der Waals surface area (Å²) in [4.78, 5) is 11.9. The number of alkyl halides is 3. The summed E-state index contributed by atoms with van der Waals surface area (Å²) < 4.78 is 49.7. The fourth-order valence-corrected chi connectivity index (χ4v) is 1.65. The fourth-order valence-electron chi connectivity index (χ4n) is 1.65. The predicted molar refractivity (Wildman–Crippen MR) is 81.2 cm³/mol. The van der Waals surface area contributed by atoms with Gasteiger partial charge in [0.2, 0.25) is 0 Å². The fraction of sp³-hybridized carbons (Fsp3) is 0.438. The van der Waals surface area contributed by atoms with Crippen LogP contribution in [0.25, 0.3) is 0 Å². The van der Waals surface area contributed by atoms with Gasteiger partial charge in [-0.2, -0.15) is 13.2 Å². The molecule has 1 rings (SSSR count). The second kappa shape index (κ2) is 6.93. The summed E-state index contributed by atoms with van der Waals surface area (Å²) in [6, 6.07) is 5.87. The number of esters is 1. The SMILES string of the molecule is COc1ccc(N/C(=C(/C)C(=O)OC(C)(C)C)C(F)(F)F)cc1. The highest BCUT2D eigenvalue weighted by molar-refractivity contribution is 5.90. The van der Waals surface area contributed by atoms with Crippen LogP contribution in [-0.4, -0.2) is 24.9 Å². The Balaban J connectivity index is 3.13. The number of rotatable bonds is 4. The standard InChI is InChI=1S/C16H20F3NO3/c1-10(14(21)23-15(2,3)4)13(16(17,18)19)20-11-6-8-12(22-5)9-7-11/h6-9,20H,1-5H3/b13-10-. The van der Waals surface area contributed by atoms with Crippen molar-refractivity contribution in [1.29, 1.82) is 0 Å². The van der Waals surface area contributed by atoms with E-state index in [0.29, 0.717) is 5.75 Å². The monoisotopic (exact) mass is 331 g/mol. The van der Waals surface area contributed by atoms with Gasteiger partial charge in [-0.3, -0.25) is 0 Å². The summed E-state index contributed by atoms with van der Waals surface area (Å²) >= 11 is 0. The van der Waals surface area contributed by atoms with E-state index in [9.17, 15) is 18.0 Å². The van der Waals surface area contributed by atoms with Crippen LogP contribution in [0.2, 0.25) is 0 Å². The Morgan fingerprint density at radius 1 is 1.09 bits per heavy atom. The van der Waals surface area contributed by atoms with Crippen LogP contribution in [-0.2, 0) is 9.53 Å². The van der Waals surface area contributed by atoms with Crippen LogP contribution in [0, 0.1) is 0 Å². The molecule has 23 heavy (non-hydrogen) atoms. The molecule has 0 aromatic heterocycles. The van der Waals surface area contributed by atoms with Crippen molar-refractivity contribution in [2.24, 2.45) is 0 Å². The summed E-state index contributed by atoms with van der Waals surface area (Å²) in [6.45, 7) is 5.83. The minimum Gasteiger partial charge on any atom is -0.497 e. The van der Waals surface area contributed by atoms with Gasteiger partial charge in [0.1, 0.15) is 17.0 Å². The van der Waals surface area contributed by atoms with Crippen LogP contribution in [0.3, 0.4) is 0 Å². The van der Waals surface area contributed by atoms with Crippen LogP contribution in [0.4, 0.5) is 18.9 Å². The lowest BCUT2D eigenvalue weighted by molar-refractivity contribution is -0.150. The number of carbonyl (C=O) groups is 1. The van der Waals surface area contributed by atoms with Gasteiger partial charge in [-0.15, -0.1) is 0 Å². The summed E-state index contributed by atoms with van der Waals surface area (Å²) in [5.74, 6) is -0.511. The van der Waals surface area contributed by atoms with E-state index in [-0.39, 0.29) is 5.69 Å². The molecule has 0 aliphatic carbocycles. The smallest absolute Gasteiger partial charge is 0.431 e. The van der Waals surface area contributed by atoms with Gasteiger partial charge >= 0.3 is 12.1 Å². The molecule has 0 saturated heterocycles. The molecule has 0 spiro atoms. The molecule has 1 N–H and O–H groups in total. The van der Waals surface area contributed by atoms with Crippen molar-refractivity contribution < 1.29 is 27.4 Å². The highest BCUT2D eigenvalue weighted by atomic mass is 19.4. The van der Waals surface area contributed by atoms with Gasteiger partial charge in [-0.1, -0.05) is 0 Å². The first-order chi connectivity index (χ1) is 10.4. The number of carbonyl (C=O) groups excluding carboxylic acids is 1. The maximum absolute atomic E-state index is 13.2. The number of benzene rings is 1. The van der Waals surface area contributed by atoms with E-state index >= 15 is 0 Å². The van der Waals surface area contributed by atoms with Crippen molar-refractivity contribution in [3.05, 3.63) is 35.5 Å². The van der Waals surface area contributed by atoms with Crippen molar-refractivity contribution in [3.8, 4) is 5.75 Å². The minimum absolute atomic E-state index is 0.182. The summed E-state index contributed by atoms with van der Waals surface area (Å²) in [5, 5.41) is 2.23. The molecule has 0 unspecified atom stereocenters. The highest BCUT2D eigenvalue weighted by Crippen LogP contribution is 2.31. The van der Waals surface area contributed by atoms with Gasteiger partial charge in [-0.25, -0.2) is 4.79 Å². The largest absolute Gasteiger partial charge is 0.497 e. The first-order valence-corrected chi connectivity index (χ1v) is 6.86. The molecule has 128 valence electrons. The van der Waals surface area contributed by atoms with Crippen LogP contribution < -0.4 is 10.1 Å². The van der Waals surface area contributed by atoms with E-state index in [1.807, 2.05) is 0 Å². The maximum Gasteiger partial charge on any atom is 0.431 e. The van der Waals surface area contributed by atoms with Crippen LogP contribution >= 0.6 is 0 Å². The molecule has 1 aromatic rings. The Hall–Kier alpha value is -2.18. The van der Waals surface area contributed by atoms with Gasteiger partial charge in [-0.05, 0) is 52.0 Å². The lowest BCUT2D eigenvalue weighted by atomic mass is 10.1. The zero-order valence-corrected chi connectivity index (χ0v) is 13.7. The quantitative estimate of drug-likeness (QED) is 0.661. The molecular formula is C16H20F3NO3. The Labute approximate surface area is 133 Å². The lowest BCUT2D eigenvalue weighted by Crippen LogP contribution is -2.28. The zero-order valence-electron chi connectivity index (χ0n) is 13.7. The average molecular weight is 331 g/mol. The molecule has 0 aliphatic heterocycles. The van der Waals surface area contributed by atoms with E-state index in [1.54, 1.807) is 20.8 Å². The number of anilines is 1. The van der Waals surface area contributed by atoms with Gasteiger partial charge in [0.05, 0.1) is 12.7 Å². The molecule has 0 amide bonds. The van der Waals surface area contributed by atoms with Crippen LogP contribution in [0.5, 0.6) is 5.75 Å². The highest BCUT2D eigenvalue weighted by Gasteiger charge is 2.38. The zero-order chi connectivity index (χ0) is 17.8. The van der Waals surface area contributed by atoms with Crippen LogP contribution in [0.15, 0.2) is 35.5 Å². The third-order valence-corrected chi connectivity index (χ3v) is 2.72. The molecule has 4 nitrogen and oxygen atoms in total. The molecular weight excluding hydrogens is 311 g/mol. The van der Waals surface area contributed by atoms with Gasteiger partial charge in [0.15, 0.2) is 0 Å². The van der Waals surface area contributed by atoms with E-state index in [2.05, 4.69) is 5.32 Å². The van der Waals surface area contributed by atoms with Crippen LogP contribution in [0.1, 0.15) is 27.7 Å². The van der Waals surface area contributed by atoms with Crippen molar-refractivity contribution in [1.82, 2.24) is 0 Å². The Kier molecular flexibility index (Phi) is 5.69. The van der Waals surface area contributed by atoms with E-state index in [0.717, 1.165) is 6.92 Å². The molecule has 0 radical (unpaired) electrons. The topological polar surface area (TPSA) is 47.6 Å². The first kappa shape index (κ1) is 18.9. The Morgan fingerprint density at radius 2 is 1.61 bits per heavy atom. The van der Waals surface area contributed by atoms with E-state index < -0.39 is 29.0 Å². The molecule has 0 fully saturated rings. The van der Waals surface area contributed by atoms with Crippen molar-refractivity contribution >= 4 is 11.7 Å². The molecule has 7 heteroatoms. The molecule has 0 atom stereocenters. The molecule has 0 bridgehead atoms. The summed E-state index contributed by atoms with van der Waals surface area (Å²) in [5.41, 5.74) is -2.39. The summed E-state index contributed by atoms with van der Waals surface area (Å²) in [7, 11) is 1.45. The number of hydrogen-bond donors (Lipinski definition) is 1. The number of halogens is 3. The second-order valence-corrected chi connectivity index (χ2v) is 5.85. The van der Waals surface area contributed by atoms with E-state index in [4.69, 9.17) is 9.47 Å². The number of nitrogens with one attached hydrogen (secondary N) is 1. The van der Waals surface area contributed by atoms with Crippen molar-refractivity contribution in [3.63, 3.8) is 0 Å². The normalized spacial score (nSPS) is 13.2. The predicted octanol–water partition coefficient (Wildman–Crippen LogP) is 4.29. The first-order valence-electron chi connectivity index (χ1n) is 6.86. The third-order valence-electron chi connectivity index (χ3n) is 2.72. The molecule has 0 aliphatic rings. The molecule has 0 saturated carbocycles. The Morgan fingerprint density at radius 3 is 2.00 bits per heavy atom. The summed E-state index contributed by atoms with van der Waals surface area (Å²) in [6.07, 6.45) is -4.72. The van der Waals surface area contributed by atoms with Crippen molar-refractivity contribution in [2.75, 3.05) is 12.4 Å². The number of allylic oxidation sites excluding steroid dienone is 1. The van der Waals surface area contributed by atoms with Crippen molar-refractivity contribution in [2.45, 2.75) is 39.5 Å². The number of methoxy groups -OCH3 is 1. The maximum atomic E-state index is 13.2. The lowest BCUT2D eigenvalue weighted by Gasteiger charge is -2.22. The average Bonchev–Trinajstić information content (AvgIpc) is 2.41. The number of ether oxygens (including phenoxy) is 2. The number of hydrogen-bond acceptors (Lipinski definition) is 4. The van der Waals surface area contributed by atoms with Gasteiger partial charge < -0.3 is 14.8 Å². The third kappa shape index (κ3) is 5.84. The van der Waals surface area contributed by atoms with Gasteiger partial charge in [0, 0.05) is 5.69 Å². The van der Waals surface area contributed by atoms with Gasteiger partial charge in [0.25, 0.3) is 0 Å². The molecule has 1 aromatic carbocycles.